The molecule has 3 aromatic rings. The summed E-state index contributed by atoms with van der Waals surface area (Å²) in [5.41, 5.74) is 2.30. The number of nitrogens with zero attached hydrogens (tertiary/aromatic N) is 2. The zero-order valence-electron chi connectivity index (χ0n) is 14.1. The number of halogens is 1. The zero-order chi connectivity index (χ0) is 18.0. The monoisotopic (exact) mass is 383 g/mol. The molecule has 26 heavy (non-hydrogen) atoms. The number of benzene rings is 1. The molecule has 6 heteroatoms. The minimum Gasteiger partial charge on any atom is -0.301 e. The van der Waals surface area contributed by atoms with Crippen molar-refractivity contribution < 1.29 is 4.79 Å². The highest BCUT2D eigenvalue weighted by Crippen LogP contribution is 2.42. The second-order valence-electron chi connectivity index (χ2n) is 6.53. The number of pyridine rings is 1. The number of aromatic nitrogens is 2. The first kappa shape index (κ1) is 17.2. The minimum atomic E-state index is -0.495. The van der Waals surface area contributed by atoms with Crippen LogP contribution < -0.4 is 5.32 Å². The van der Waals surface area contributed by atoms with Crippen LogP contribution in [0.1, 0.15) is 31.2 Å². The lowest BCUT2D eigenvalue weighted by atomic mass is 9.78. The largest absolute Gasteiger partial charge is 0.301 e. The summed E-state index contributed by atoms with van der Waals surface area (Å²) in [7, 11) is 0. The maximum atomic E-state index is 13.2. The number of rotatable bonds is 4. The summed E-state index contributed by atoms with van der Waals surface area (Å²) in [6, 6.07) is 11.5. The molecule has 1 amide bonds. The smallest absolute Gasteiger partial charge is 0.236 e. The third-order valence-electron chi connectivity index (χ3n) is 4.97. The van der Waals surface area contributed by atoms with Gasteiger partial charge in [-0.1, -0.05) is 36.6 Å². The van der Waals surface area contributed by atoms with E-state index in [-0.39, 0.29) is 5.91 Å². The lowest BCUT2D eigenvalue weighted by Gasteiger charge is -2.27. The van der Waals surface area contributed by atoms with Gasteiger partial charge < -0.3 is 5.32 Å². The summed E-state index contributed by atoms with van der Waals surface area (Å²) >= 11 is 7.46. The summed E-state index contributed by atoms with van der Waals surface area (Å²) in [6.07, 6.45) is 7.30. The van der Waals surface area contributed by atoms with Crippen LogP contribution in [0, 0.1) is 0 Å². The summed E-state index contributed by atoms with van der Waals surface area (Å²) < 4.78 is 0. The standard InChI is InChI=1S/C20H18ClN3OS/c21-16-7-5-15(6-8-16)20(9-1-2-10-20)18(25)24-19-23-17(13-26-19)14-4-3-11-22-12-14/h3-8,11-13H,1-2,9-10H2,(H,23,24,25). The molecule has 0 spiro atoms. The van der Waals surface area contributed by atoms with Gasteiger partial charge >= 0.3 is 0 Å². The Bertz CT molecular complexity index is 902. The Hall–Kier alpha value is -2.24. The molecule has 1 N–H and O–H groups in total. The van der Waals surface area contributed by atoms with Crippen molar-refractivity contribution >= 4 is 34.0 Å². The van der Waals surface area contributed by atoms with Gasteiger partial charge in [-0.05, 0) is 42.7 Å². The van der Waals surface area contributed by atoms with Gasteiger partial charge in [0.2, 0.25) is 5.91 Å². The van der Waals surface area contributed by atoms with Crippen molar-refractivity contribution in [1.82, 2.24) is 9.97 Å². The van der Waals surface area contributed by atoms with Gasteiger partial charge in [0.25, 0.3) is 0 Å². The summed E-state index contributed by atoms with van der Waals surface area (Å²) in [5, 5.41) is 6.29. The summed E-state index contributed by atoms with van der Waals surface area (Å²) in [5.74, 6) is 0.0180. The van der Waals surface area contributed by atoms with E-state index in [0.29, 0.717) is 10.2 Å². The number of hydrogen-bond acceptors (Lipinski definition) is 4. The van der Waals surface area contributed by atoms with E-state index >= 15 is 0 Å². The molecule has 0 radical (unpaired) electrons. The highest BCUT2D eigenvalue weighted by molar-refractivity contribution is 7.14. The number of anilines is 1. The SMILES string of the molecule is O=C(Nc1nc(-c2cccnc2)cs1)C1(c2ccc(Cl)cc2)CCCC1. The maximum Gasteiger partial charge on any atom is 0.236 e. The highest BCUT2D eigenvalue weighted by atomic mass is 35.5. The highest BCUT2D eigenvalue weighted by Gasteiger charge is 2.42. The quantitative estimate of drug-likeness (QED) is 0.664. The van der Waals surface area contributed by atoms with E-state index in [2.05, 4.69) is 15.3 Å². The molecule has 1 aliphatic carbocycles. The van der Waals surface area contributed by atoms with E-state index in [1.165, 1.54) is 11.3 Å². The number of nitrogens with one attached hydrogen (secondary N) is 1. The van der Waals surface area contributed by atoms with Crippen LogP contribution >= 0.6 is 22.9 Å². The predicted octanol–water partition coefficient (Wildman–Crippen LogP) is 5.31. The van der Waals surface area contributed by atoms with E-state index < -0.39 is 5.41 Å². The molecule has 2 aromatic heterocycles. The molecule has 4 rings (SSSR count). The summed E-state index contributed by atoms with van der Waals surface area (Å²) in [6.45, 7) is 0. The number of thiazole rings is 1. The third kappa shape index (κ3) is 3.24. The molecule has 1 aromatic carbocycles. The van der Waals surface area contributed by atoms with Crippen molar-refractivity contribution in [3.8, 4) is 11.3 Å². The van der Waals surface area contributed by atoms with Gasteiger partial charge in [0.15, 0.2) is 5.13 Å². The van der Waals surface area contributed by atoms with Crippen molar-refractivity contribution in [3.05, 3.63) is 64.8 Å². The molecule has 4 nitrogen and oxygen atoms in total. The lowest BCUT2D eigenvalue weighted by Crippen LogP contribution is -2.37. The predicted molar refractivity (Wildman–Crippen MR) is 106 cm³/mol. The van der Waals surface area contributed by atoms with Gasteiger partial charge in [0, 0.05) is 28.4 Å². The van der Waals surface area contributed by atoms with Crippen LogP contribution in [0.5, 0.6) is 0 Å². The molecule has 0 saturated heterocycles. The number of amides is 1. The van der Waals surface area contributed by atoms with Crippen LogP contribution in [0.15, 0.2) is 54.2 Å². The second kappa shape index (κ2) is 7.17. The van der Waals surface area contributed by atoms with Crippen LogP contribution in [-0.4, -0.2) is 15.9 Å². The Morgan fingerprint density at radius 2 is 1.92 bits per heavy atom. The number of carbonyl (C=O) groups is 1. The molecule has 1 fully saturated rings. The van der Waals surface area contributed by atoms with E-state index in [1.807, 2.05) is 41.8 Å². The number of hydrogen-bond donors (Lipinski definition) is 1. The summed E-state index contributed by atoms with van der Waals surface area (Å²) in [4.78, 5) is 21.9. The molecule has 1 aliphatic rings. The van der Waals surface area contributed by atoms with Gasteiger partial charge in [-0.2, -0.15) is 0 Å². The van der Waals surface area contributed by atoms with Crippen molar-refractivity contribution in [3.63, 3.8) is 0 Å². The number of carbonyl (C=O) groups excluding carboxylic acids is 1. The molecule has 132 valence electrons. The normalized spacial score (nSPS) is 15.7. The first-order chi connectivity index (χ1) is 12.7. The van der Waals surface area contributed by atoms with Gasteiger partial charge in [-0.25, -0.2) is 4.98 Å². The Balaban J connectivity index is 1.58. The fraction of sp³-hybridized carbons (Fsp3) is 0.250. The van der Waals surface area contributed by atoms with Crippen LogP contribution in [0.4, 0.5) is 5.13 Å². The van der Waals surface area contributed by atoms with Crippen molar-refractivity contribution in [2.75, 3.05) is 5.32 Å². The maximum absolute atomic E-state index is 13.2. The van der Waals surface area contributed by atoms with E-state index in [0.717, 1.165) is 42.5 Å². The van der Waals surface area contributed by atoms with Crippen molar-refractivity contribution in [1.29, 1.82) is 0 Å². The van der Waals surface area contributed by atoms with Crippen molar-refractivity contribution in [2.24, 2.45) is 0 Å². The molecule has 0 aliphatic heterocycles. The Morgan fingerprint density at radius 1 is 1.15 bits per heavy atom. The average Bonchev–Trinajstić information content (AvgIpc) is 3.33. The molecule has 0 atom stereocenters. The zero-order valence-corrected chi connectivity index (χ0v) is 15.7. The molecular formula is C20H18ClN3OS. The molecule has 1 saturated carbocycles. The Labute approximate surface area is 161 Å². The van der Waals surface area contributed by atoms with Gasteiger partial charge in [-0.15, -0.1) is 11.3 Å². The fourth-order valence-corrected chi connectivity index (χ4v) is 4.43. The Morgan fingerprint density at radius 3 is 2.62 bits per heavy atom. The minimum absolute atomic E-state index is 0.0180. The molecular weight excluding hydrogens is 366 g/mol. The second-order valence-corrected chi connectivity index (χ2v) is 7.82. The first-order valence-corrected chi connectivity index (χ1v) is 9.87. The van der Waals surface area contributed by atoms with Gasteiger partial charge in [-0.3, -0.25) is 9.78 Å². The van der Waals surface area contributed by atoms with E-state index in [1.54, 1.807) is 12.4 Å². The topological polar surface area (TPSA) is 54.9 Å². The lowest BCUT2D eigenvalue weighted by molar-refractivity contribution is -0.121. The van der Waals surface area contributed by atoms with Crippen LogP contribution in [0.2, 0.25) is 5.02 Å². The van der Waals surface area contributed by atoms with Crippen LogP contribution in [0.3, 0.4) is 0 Å². The van der Waals surface area contributed by atoms with Gasteiger partial charge in [0.1, 0.15) is 0 Å². The molecule has 0 unspecified atom stereocenters. The first-order valence-electron chi connectivity index (χ1n) is 8.61. The van der Waals surface area contributed by atoms with Crippen LogP contribution in [-0.2, 0) is 10.2 Å². The van der Waals surface area contributed by atoms with Crippen LogP contribution in [0.25, 0.3) is 11.3 Å². The average molecular weight is 384 g/mol. The third-order valence-corrected chi connectivity index (χ3v) is 5.98. The van der Waals surface area contributed by atoms with Crippen molar-refractivity contribution in [2.45, 2.75) is 31.1 Å². The van der Waals surface area contributed by atoms with E-state index in [4.69, 9.17) is 11.6 Å². The molecule has 2 heterocycles. The fourth-order valence-electron chi connectivity index (χ4n) is 3.59. The molecule has 0 bridgehead atoms. The van der Waals surface area contributed by atoms with Gasteiger partial charge in [0.05, 0.1) is 11.1 Å². The Kier molecular flexibility index (Phi) is 4.74. The van der Waals surface area contributed by atoms with E-state index in [9.17, 15) is 4.79 Å².